The van der Waals surface area contributed by atoms with Gasteiger partial charge in [-0.15, -0.1) is 11.8 Å². The average Bonchev–Trinajstić information content (AvgIpc) is 2.11. The first-order valence-corrected chi connectivity index (χ1v) is 7.08. The summed E-state index contributed by atoms with van der Waals surface area (Å²) in [5, 5.41) is 0. The van der Waals surface area contributed by atoms with E-state index in [0.717, 1.165) is 4.90 Å². The Bertz CT molecular complexity index is 236. The molecule has 0 radical (unpaired) electrons. The quantitative estimate of drug-likeness (QED) is 0.715. The first-order valence-electron chi connectivity index (χ1n) is 5.69. The lowest BCUT2D eigenvalue weighted by Gasteiger charge is -2.24. The molecule has 0 aromatic rings. The average molecular weight is 263 g/mol. The Hall–Kier alpha value is -0.710. The van der Waals surface area contributed by atoms with Crippen molar-refractivity contribution in [3.63, 3.8) is 0 Å². The van der Waals surface area contributed by atoms with E-state index in [2.05, 4.69) is 13.8 Å². The summed E-state index contributed by atoms with van der Waals surface area (Å²) in [4.78, 5) is 23.6. The fourth-order valence-electron chi connectivity index (χ4n) is 0.718. The first kappa shape index (κ1) is 18.6. The van der Waals surface area contributed by atoms with E-state index >= 15 is 0 Å². The van der Waals surface area contributed by atoms with Crippen LogP contribution in [-0.2, 0) is 9.53 Å². The van der Waals surface area contributed by atoms with Crippen LogP contribution in [0.25, 0.3) is 0 Å². The standard InChI is InChI=1S/C9H17NO3S.C3H8/c1-7(11)10(6-14-5)8(12)13-9(2,3)4;1-3-2/h6H2,1-5H3;3H2,1-2H3. The van der Waals surface area contributed by atoms with Crippen LogP contribution in [0.3, 0.4) is 0 Å². The number of hydrogen-bond donors (Lipinski definition) is 0. The Labute approximate surface area is 109 Å². The van der Waals surface area contributed by atoms with E-state index in [1.54, 1.807) is 20.8 Å². The highest BCUT2D eigenvalue weighted by Gasteiger charge is 2.24. The van der Waals surface area contributed by atoms with Crippen molar-refractivity contribution >= 4 is 23.8 Å². The molecule has 0 saturated carbocycles. The smallest absolute Gasteiger partial charge is 0.417 e. The molecule has 2 amide bonds. The van der Waals surface area contributed by atoms with Crippen molar-refractivity contribution < 1.29 is 14.3 Å². The van der Waals surface area contributed by atoms with Gasteiger partial charge in [-0.3, -0.25) is 4.79 Å². The number of amides is 2. The summed E-state index contributed by atoms with van der Waals surface area (Å²) < 4.78 is 5.07. The first-order chi connectivity index (χ1) is 7.69. The minimum atomic E-state index is -0.584. The summed E-state index contributed by atoms with van der Waals surface area (Å²) in [6, 6.07) is 0. The molecular formula is C12H25NO3S. The predicted molar refractivity (Wildman–Crippen MR) is 73.1 cm³/mol. The topological polar surface area (TPSA) is 46.6 Å². The van der Waals surface area contributed by atoms with Crippen LogP contribution >= 0.6 is 11.8 Å². The predicted octanol–water partition coefficient (Wildman–Crippen LogP) is 3.51. The number of imide groups is 1. The van der Waals surface area contributed by atoms with Gasteiger partial charge in [0.25, 0.3) is 0 Å². The monoisotopic (exact) mass is 263 g/mol. The van der Waals surface area contributed by atoms with E-state index in [0.29, 0.717) is 5.88 Å². The summed E-state index contributed by atoms with van der Waals surface area (Å²) in [7, 11) is 0. The van der Waals surface area contributed by atoms with E-state index in [4.69, 9.17) is 4.74 Å². The second kappa shape index (κ2) is 9.33. The van der Waals surface area contributed by atoms with Gasteiger partial charge in [-0.1, -0.05) is 20.3 Å². The van der Waals surface area contributed by atoms with Crippen LogP contribution in [0.4, 0.5) is 4.79 Å². The number of ether oxygens (including phenoxy) is 1. The molecule has 0 heterocycles. The second-order valence-electron chi connectivity index (χ2n) is 4.55. The second-order valence-corrected chi connectivity index (χ2v) is 5.39. The van der Waals surface area contributed by atoms with Crippen LogP contribution < -0.4 is 0 Å². The molecule has 0 rings (SSSR count). The maximum absolute atomic E-state index is 11.5. The van der Waals surface area contributed by atoms with Gasteiger partial charge in [-0.05, 0) is 27.0 Å². The molecule has 4 nitrogen and oxygen atoms in total. The van der Waals surface area contributed by atoms with Gasteiger partial charge in [0.2, 0.25) is 5.91 Å². The van der Waals surface area contributed by atoms with Crippen molar-refractivity contribution in [1.82, 2.24) is 4.90 Å². The SMILES string of the molecule is CCC.CSCN(C(C)=O)C(=O)OC(C)(C)C. The molecule has 0 unspecified atom stereocenters. The third kappa shape index (κ3) is 11.6. The molecule has 0 fully saturated rings. The number of carbonyl (C=O) groups is 2. The summed E-state index contributed by atoms with van der Waals surface area (Å²) in [5.41, 5.74) is -0.566. The van der Waals surface area contributed by atoms with Gasteiger partial charge in [0.15, 0.2) is 0 Å². The highest BCUT2D eigenvalue weighted by Crippen LogP contribution is 2.11. The number of rotatable bonds is 2. The van der Waals surface area contributed by atoms with Crippen LogP contribution in [0.2, 0.25) is 0 Å². The lowest BCUT2D eigenvalue weighted by Crippen LogP contribution is -2.39. The largest absolute Gasteiger partial charge is 0.443 e. The lowest BCUT2D eigenvalue weighted by molar-refractivity contribution is -0.127. The van der Waals surface area contributed by atoms with Crippen LogP contribution in [0.15, 0.2) is 0 Å². The molecular weight excluding hydrogens is 238 g/mol. The van der Waals surface area contributed by atoms with E-state index in [9.17, 15) is 9.59 Å². The third-order valence-corrected chi connectivity index (χ3v) is 1.77. The maximum Gasteiger partial charge on any atom is 0.417 e. The van der Waals surface area contributed by atoms with Gasteiger partial charge in [-0.2, -0.15) is 0 Å². The molecule has 0 atom stereocenters. The fourth-order valence-corrected chi connectivity index (χ4v) is 1.26. The maximum atomic E-state index is 11.5. The zero-order chi connectivity index (χ0) is 14.1. The molecule has 0 aromatic carbocycles. The summed E-state index contributed by atoms with van der Waals surface area (Å²) in [5.74, 6) is 0.0261. The van der Waals surface area contributed by atoms with Gasteiger partial charge >= 0.3 is 6.09 Å². The zero-order valence-electron chi connectivity index (χ0n) is 12.0. The highest BCUT2D eigenvalue weighted by molar-refractivity contribution is 7.98. The van der Waals surface area contributed by atoms with Crippen molar-refractivity contribution in [2.45, 2.75) is 53.6 Å². The van der Waals surface area contributed by atoms with Gasteiger partial charge in [0.05, 0.1) is 5.88 Å². The third-order valence-electron chi connectivity index (χ3n) is 1.25. The Morgan fingerprint density at radius 1 is 1.24 bits per heavy atom. The molecule has 0 aromatic heterocycles. The van der Waals surface area contributed by atoms with Crippen molar-refractivity contribution in [2.75, 3.05) is 12.1 Å². The minimum absolute atomic E-state index is 0.298. The highest BCUT2D eigenvalue weighted by atomic mass is 32.2. The molecule has 17 heavy (non-hydrogen) atoms. The fraction of sp³-hybridized carbons (Fsp3) is 0.833. The van der Waals surface area contributed by atoms with E-state index in [1.807, 2.05) is 6.26 Å². The minimum Gasteiger partial charge on any atom is -0.443 e. The van der Waals surface area contributed by atoms with E-state index < -0.39 is 11.7 Å². The Morgan fingerprint density at radius 2 is 1.65 bits per heavy atom. The van der Waals surface area contributed by atoms with Crippen LogP contribution in [0.5, 0.6) is 0 Å². The van der Waals surface area contributed by atoms with Gasteiger partial charge in [0.1, 0.15) is 5.60 Å². The Morgan fingerprint density at radius 3 is 1.88 bits per heavy atom. The molecule has 0 aliphatic rings. The molecule has 0 saturated heterocycles. The molecule has 102 valence electrons. The molecule has 0 N–H and O–H groups in total. The molecule has 0 aliphatic heterocycles. The Kier molecular flexibility index (Phi) is 10.2. The van der Waals surface area contributed by atoms with Gasteiger partial charge < -0.3 is 4.74 Å². The lowest BCUT2D eigenvalue weighted by atomic mass is 10.2. The van der Waals surface area contributed by atoms with E-state index in [1.165, 1.54) is 25.1 Å². The summed E-state index contributed by atoms with van der Waals surface area (Å²) >= 11 is 1.40. The molecule has 0 aliphatic carbocycles. The summed E-state index contributed by atoms with van der Waals surface area (Å²) in [6.45, 7) is 10.9. The van der Waals surface area contributed by atoms with Crippen LogP contribution in [0.1, 0.15) is 48.0 Å². The van der Waals surface area contributed by atoms with Gasteiger partial charge in [-0.25, -0.2) is 9.69 Å². The van der Waals surface area contributed by atoms with Crippen molar-refractivity contribution in [2.24, 2.45) is 0 Å². The van der Waals surface area contributed by atoms with Crippen molar-refractivity contribution in [3.8, 4) is 0 Å². The number of thioether (sulfide) groups is 1. The van der Waals surface area contributed by atoms with Crippen molar-refractivity contribution in [3.05, 3.63) is 0 Å². The van der Waals surface area contributed by atoms with Gasteiger partial charge in [0, 0.05) is 6.92 Å². The Balaban J connectivity index is 0. The van der Waals surface area contributed by atoms with Crippen molar-refractivity contribution in [1.29, 1.82) is 0 Å². The van der Waals surface area contributed by atoms with E-state index in [-0.39, 0.29) is 5.91 Å². The molecule has 0 spiro atoms. The number of carbonyl (C=O) groups excluding carboxylic acids is 2. The number of nitrogens with zero attached hydrogens (tertiary/aromatic N) is 1. The molecule has 5 heteroatoms. The number of hydrogen-bond acceptors (Lipinski definition) is 4. The zero-order valence-corrected chi connectivity index (χ0v) is 12.8. The normalized spacial score (nSPS) is 10.1. The van der Waals surface area contributed by atoms with Crippen LogP contribution in [0, 0.1) is 0 Å². The van der Waals surface area contributed by atoms with Crippen LogP contribution in [-0.4, -0.2) is 34.6 Å². The summed E-state index contributed by atoms with van der Waals surface area (Å²) in [6.07, 6.45) is 2.49. The molecule has 0 bridgehead atoms.